The molecule has 0 nitrogen and oxygen atoms in total. The summed E-state index contributed by atoms with van der Waals surface area (Å²) in [6.45, 7) is 4.51. The van der Waals surface area contributed by atoms with Crippen molar-refractivity contribution in [2.75, 3.05) is 5.88 Å². The zero-order valence-electron chi connectivity index (χ0n) is 10.1. The molecule has 0 bridgehead atoms. The van der Waals surface area contributed by atoms with E-state index in [9.17, 15) is 0 Å². The second-order valence-electron chi connectivity index (χ2n) is 4.47. The smallest absolute Gasteiger partial charge is 0.0701 e. The quantitative estimate of drug-likeness (QED) is 0.550. The second-order valence-corrected chi connectivity index (χ2v) is 7.29. The molecule has 0 fully saturated rings. The summed E-state index contributed by atoms with van der Waals surface area (Å²) in [5, 5.41) is 0. The first-order valence-corrected chi connectivity index (χ1v) is 8.10. The molecule has 1 unspecified atom stereocenters. The van der Waals surface area contributed by atoms with Gasteiger partial charge >= 0.3 is 0 Å². The summed E-state index contributed by atoms with van der Waals surface area (Å²) in [5.74, 6) is 0.777. The highest BCUT2D eigenvalue weighted by molar-refractivity contribution is 9.11. The lowest BCUT2D eigenvalue weighted by molar-refractivity contribution is 0.281. The maximum Gasteiger partial charge on any atom is 0.0701 e. The predicted molar refractivity (Wildman–Crippen MR) is 78.7 cm³/mol. The summed E-state index contributed by atoms with van der Waals surface area (Å²) >= 11 is 11.6. The van der Waals surface area contributed by atoms with Crippen molar-refractivity contribution in [2.45, 2.75) is 46.0 Å². The fourth-order valence-electron chi connectivity index (χ4n) is 1.97. The molecule has 1 rings (SSSR count). The van der Waals surface area contributed by atoms with Crippen LogP contribution in [-0.4, -0.2) is 5.88 Å². The minimum Gasteiger partial charge on any atom is -0.133 e. The van der Waals surface area contributed by atoms with Crippen LogP contribution in [0.25, 0.3) is 0 Å². The van der Waals surface area contributed by atoms with E-state index in [1.165, 1.54) is 34.3 Å². The maximum atomic E-state index is 6.21. The standard InChI is InChI=1S/C13H20BrClS/c1-3-5-8-13(4-2,10-15)9-11-6-7-12(14)16-11/h6-7H,3-5,8-10H2,1-2H3. The lowest BCUT2D eigenvalue weighted by Crippen LogP contribution is -2.24. The van der Waals surface area contributed by atoms with Crippen molar-refractivity contribution in [2.24, 2.45) is 5.41 Å². The van der Waals surface area contributed by atoms with Crippen molar-refractivity contribution >= 4 is 38.9 Å². The van der Waals surface area contributed by atoms with Crippen LogP contribution in [0.2, 0.25) is 0 Å². The van der Waals surface area contributed by atoms with E-state index in [0.717, 1.165) is 12.3 Å². The van der Waals surface area contributed by atoms with Gasteiger partial charge in [0, 0.05) is 10.8 Å². The Hall–Kier alpha value is 0.470. The van der Waals surface area contributed by atoms with E-state index in [1.807, 2.05) is 11.3 Å². The van der Waals surface area contributed by atoms with Gasteiger partial charge in [-0.3, -0.25) is 0 Å². The molecule has 16 heavy (non-hydrogen) atoms. The van der Waals surface area contributed by atoms with E-state index in [-0.39, 0.29) is 0 Å². The van der Waals surface area contributed by atoms with Gasteiger partial charge in [-0.05, 0) is 52.7 Å². The Kier molecular flexibility index (Phi) is 6.38. The third kappa shape index (κ3) is 4.05. The van der Waals surface area contributed by atoms with E-state index in [4.69, 9.17) is 11.6 Å². The van der Waals surface area contributed by atoms with Crippen LogP contribution in [0.3, 0.4) is 0 Å². The maximum absolute atomic E-state index is 6.21. The van der Waals surface area contributed by atoms with Crippen LogP contribution in [-0.2, 0) is 6.42 Å². The minimum atomic E-state index is 0.307. The van der Waals surface area contributed by atoms with Gasteiger partial charge in [0.1, 0.15) is 0 Å². The molecule has 0 aromatic carbocycles. The van der Waals surface area contributed by atoms with Crippen LogP contribution in [0.1, 0.15) is 44.4 Å². The van der Waals surface area contributed by atoms with Crippen molar-refractivity contribution in [3.05, 3.63) is 20.8 Å². The Morgan fingerprint density at radius 3 is 2.56 bits per heavy atom. The molecule has 0 aliphatic heterocycles. The van der Waals surface area contributed by atoms with Crippen LogP contribution < -0.4 is 0 Å². The van der Waals surface area contributed by atoms with Crippen LogP contribution in [0.5, 0.6) is 0 Å². The van der Waals surface area contributed by atoms with Gasteiger partial charge < -0.3 is 0 Å². The molecule has 0 radical (unpaired) electrons. The number of thiophene rings is 1. The van der Waals surface area contributed by atoms with E-state index < -0.39 is 0 Å². The number of hydrogen-bond acceptors (Lipinski definition) is 1. The van der Waals surface area contributed by atoms with Gasteiger partial charge in [-0.25, -0.2) is 0 Å². The average molecular weight is 324 g/mol. The Balaban J connectivity index is 2.69. The fraction of sp³-hybridized carbons (Fsp3) is 0.692. The SMILES string of the molecule is CCCCC(CC)(CCl)Cc1ccc(Br)s1. The largest absolute Gasteiger partial charge is 0.133 e. The molecule has 0 N–H and O–H groups in total. The molecular formula is C13H20BrClS. The summed E-state index contributed by atoms with van der Waals surface area (Å²) in [6, 6.07) is 4.35. The summed E-state index contributed by atoms with van der Waals surface area (Å²) in [5.41, 5.74) is 0.307. The van der Waals surface area contributed by atoms with Crippen LogP contribution in [0.4, 0.5) is 0 Å². The van der Waals surface area contributed by atoms with E-state index in [2.05, 4.69) is 41.9 Å². The van der Waals surface area contributed by atoms with E-state index in [1.54, 1.807) is 0 Å². The molecule has 0 spiro atoms. The van der Waals surface area contributed by atoms with Crippen LogP contribution in [0, 0.1) is 5.41 Å². The molecule has 1 aromatic heterocycles. The van der Waals surface area contributed by atoms with Gasteiger partial charge in [0.25, 0.3) is 0 Å². The van der Waals surface area contributed by atoms with Crippen molar-refractivity contribution in [3.8, 4) is 0 Å². The third-order valence-electron chi connectivity index (χ3n) is 3.27. The number of rotatable bonds is 7. The van der Waals surface area contributed by atoms with E-state index >= 15 is 0 Å². The van der Waals surface area contributed by atoms with Gasteiger partial charge in [0.05, 0.1) is 3.79 Å². The normalized spacial score (nSPS) is 15.0. The second kappa shape index (κ2) is 7.03. The first-order chi connectivity index (χ1) is 7.65. The average Bonchev–Trinajstić information content (AvgIpc) is 2.70. The lowest BCUT2D eigenvalue weighted by atomic mass is 9.79. The van der Waals surface area contributed by atoms with Gasteiger partial charge in [0.2, 0.25) is 0 Å². The van der Waals surface area contributed by atoms with Crippen molar-refractivity contribution in [3.63, 3.8) is 0 Å². The van der Waals surface area contributed by atoms with Gasteiger partial charge in [0.15, 0.2) is 0 Å². The Labute approximate surface area is 117 Å². The monoisotopic (exact) mass is 322 g/mol. The molecule has 0 amide bonds. The van der Waals surface area contributed by atoms with Crippen LogP contribution >= 0.6 is 38.9 Å². The number of alkyl halides is 1. The number of hydrogen-bond donors (Lipinski definition) is 0. The first kappa shape index (κ1) is 14.5. The minimum absolute atomic E-state index is 0.307. The van der Waals surface area contributed by atoms with Gasteiger partial charge in [-0.1, -0.05) is 26.7 Å². The zero-order valence-corrected chi connectivity index (χ0v) is 13.2. The Morgan fingerprint density at radius 2 is 2.12 bits per heavy atom. The van der Waals surface area contributed by atoms with E-state index in [0.29, 0.717) is 5.41 Å². The predicted octanol–water partition coefficient (Wildman–Crippen LogP) is 5.88. The van der Waals surface area contributed by atoms with Crippen molar-refractivity contribution in [1.82, 2.24) is 0 Å². The van der Waals surface area contributed by atoms with Crippen LogP contribution in [0.15, 0.2) is 15.9 Å². The Morgan fingerprint density at radius 1 is 1.38 bits per heavy atom. The topological polar surface area (TPSA) is 0 Å². The molecule has 0 aliphatic rings. The molecule has 0 saturated carbocycles. The highest BCUT2D eigenvalue weighted by atomic mass is 79.9. The summed E-state index contributed by atoms with van der Waals surface area (Å²) in [7, 11) is 0. The zero-order chi connectivity index (χ0) is 12.0. The summed E-state index contributed by atoms with van der Waals surface area (Å²) < 4.78 is 1.22. The fourth-order valence-corrected chi connectivity index (χ4v) is 4.04. The van der Waals surface area contributed by atoms with Crippen molar-refractivity contribution < 1.29 is 0 Å². The highest BCUT2D eigenvalue weighted by Gasteiger charge is 2.27. The molecule has 92 valence electrons. The number of unbranched alkanes of at least 4 members (excludes halogenated alkanes) is 1. The molecule has 1 heterocycles. The molecule has 1 atom stereocenters. The molecule has 0 aliphatic carbocycles. The summed E-state index contributed by atoms with van der Waals surface area (Å²) in [6.07, 6.45) is 6.09. The van der Waals surface area contributed by atoms with Crippen molar-refractivity contribution in [1.29, 1.82) is 0 Å². The first-order valence-electron chi connectivity index (χ1n) is 5.96. The number of halogens is 2. The highest BCUT2D eigenvalue weighted by Crippen LogP contribution is 2.37. The summed E-state index contributed by atoms with van der Waals surface area (Å²) in [4.78, 5) is 1.45. The molecular weight excluding hydrogens is 304 g/mol. The Bertz CT molecular complexity index is 305. The molecule has 0 saturated heterocycles. The molecule has 3 heteroatoms. The lowest BCUT2D eigenvalue weighted by Gasteiger charge is -2.30. The third-order valence-corrected chi connectivity index (χ3v) is 5.46. The molecule has 1 aromatic rings. The van der Waals surface area contributed by atoms with Gasteiger partial charge in [-0.15, -0.1) is 22.9 Å². The van der Waals surface area contributed by atoms with Gasteiger partial charge in [-0.2, -0.15) is 0 Å².